The van der Waals surface area contributed by atoms with E-state index >= 15 is 0 Å². The van der Waals surface area contributed by atoms with Crippen molar-refractivity contribution < 1.29 is 19.1 Å². The molecule has 1 aromatic rings. The fourth-order valence-corrected chi connectivity index (χ4v) is 3.32. The van der Waals surface area contributed by atoms with Crippen molar-refractivity contribution in [2.45, 2.75) is 25.5 Å². The maximum atomic E-state index is 12.2. The summed E-state index contributed by atoms with van der Waals surface area (Å²) in [6.07, 6.45) is 0.256. The summed E-state index contributed by atoms with van der Waals surface area (Å²) in [5, 5.41) is 2.93. The van der Waals surface area contributed by atoms with Crippen LogP contribution in [0.4, 0.5) is 4.79 Å². The van der Waals surface area contributed by atoms with Gasteiger partial charge in [0.05, 0.1) is 25.1 Å². The minimum Gasteiger partial charge on any atom is -0.469 e. The van der Waals surface area contributed by atoms with E-state index in [0.717, 1.165) is 24.4 Å². The monoisotopic (exact) mass is 345 g/mol. The predicted molar refractivity (Wildman–Crippen MR) is 92.2 cm³/mol. The third-order valence-electron chi connectivity index (χ3n) is 4.70. The number of carbonyl (C=O) groups excluding carboxylic acids is 2. The van der Waals surface area contributed by atoms with Gasteiger partial charge in [0, 0.05) is 13.1 Å². The third kappa shape index (κ3) is 3.75. The van der Waals surface area contributed by atoms with Gasteiger partial charge in [-0.1, -0.05) is 30.3 Å². The van der Waals surface area contributed by atoms with Crippen LogP contribution in [0.3, 0.4) is 0 Å². The molecule has 0 aliphatic carbocycles. The zero-order valence-corrected chi connectivity index (χ0v) is 14.5. The zero-order valence-electron chi connectivity index (χ0n) is 14.5. The SMILES string of the molecule is COC(=O)[C@@H]1CN=C2N(CC[C@@]2(C)NC(=O)OCc2ccccc2)C1. The van der Waals surface area contributed by atoms with Gasteiger partial charge in [-0.3, -0.25) is 9.79 Å². The number of aliphatic imine (C=N–C) groups is 1. The summed E-state index contributed by atoms with van der Waals surface area (Å²) in [5.41, 5.74) is 0.362. The Kier molecular flexibility index (Phi) is 4.92. The van der Waals surface area contributed by atoms with Crippen LogP contribution >= 0.6 is 0 Å². The number of ether oxygens (including phenoxy) is 2. The number of fused-ring (bicyclic) bond motifs is 1. The van der Waals surface area contributed by atoms with Crippen LogP contribution < -0.4 is 5.32 Å². The Morgan fingerprint density at radius 3 is 2.84 bits per heavy atom. The molecule has 0 spiro atoms. The molecule has 0 aromatic heterocycles. The van der Waals surface area contributed by atoms with Crippen LogP contribution in [-0.2, 0) is 20.9 Å². The van der Waals surface area contributed by atoms with E-state index in [2.05, 4.69) is 10.3 Å². The van der Waals surface area contributed by atoms with Crippen molar-refractivity contribution in [3.63, 3.8) is 0 Å². The zero-order chi connectivity index (χ0) is 17.9. The molecule has 1 amide bonds. The Morgan fingerprint density at radius 1 is 1.36 bits per heavy atom. The van der Waals surface area contributed by atoms with E-state index in [1.807, 2.05) is 42.2 Å². The summed E-state index contributed by atoms with van der Waals surface area (Å²) in [6, 6.07) is 9.54. The first-order valence-corrected chi connectivity index (χ1v) is 8.38. The molecule has 1 aromatic carbocycles. The molecule has 0 saturated carbocycles. The second-order valence-electron chi connectivity index (χ2n) is 6.60. The van der Waals surface area contributed by atoms with Crippen molar-refractivity contribution in [3.05, 3.63) is 35.9 Å². The number of amides is 1. The van der Waals surface area contributed by atoms with Crippen molar-refractivity contribution >= 4 is 17.9 Å². The number of nitrogens with zero attached hydrogens (tertiary/aromatic N) is 2. The highest BCUT2D eigenvalue weighted by Crippen LogP contribution is 2.28. The second-order valence-corrected chi connectivity index (χ2v) is 6.60. The fourth-order valence-electron chi connectivity index (χ4n) is 3.32. The number of amidine groups is 1. The molecule has 7 nitrogen and oxygen atoms in total. The lowest BCUT2D eigenvalue weighted by Crippen LogP contribution is -2.54. The van der Waals surface area contributed by atoms with Gasteiger partial charge >= 0.3 is 12.1 Å². The van der Waals surface area contributed by atoms with E-state index < -0.39 is 11.6 Å². The molecule has 0 bridgehead atoms. The number of hydrogen-bond acceptors (Lipinski definition) is 6. The summed E-state index contributed by atoms with van der Waals surface area (Å²) in [6.45, 7) is 3.86. The van der Waals surface area contributed by atoms with E-state index in [0.29, 0.717) is 13.1 Å². The highest BCUT2D eigenvalue weighted by atomic mass is 16.5. The molecule has 1 N–H and O–H groups in total. The Balaban J connectivity index is 1.59. The molecular formula is C18H23N3O4. The summed E-state index contributed by atoms with van der Waals surface area (Å²) >= 11 is 0. The van der Waals surface area contributed by atoms with E-state index in [9.17, 15) is 9.59 Å². The number of benzene rings is 1. The lowest BCUT2D eigenvalue weighted by Gasteiger charge is -2.33. The quantitative estimate of drug-likeness (QED) is 0.838. The van der Waals surface area contributed by atoms with E-state index in [1.165, 1.54) is 7.11 Å². The normalized spacial score (nSPS) is 25.0. The van der Waals surface area contributed by atoms with Gasteiger partial charge in [-0.2, -0.15) is 0 Å². The van der Waals surface area contributed by atoms with Crippen LogP contribution in [0, 0.1) is 5.92 Å². The predicted octanol–water partition coefficient (Wildman–Crippen LogP) is 1.58. The van der Waals surface area contributed by atoms with Crippen molar-refractivity contribution in [1.29, 1.82) is 0 Å². The minimum absolute atomic E-state index is 0.226. The first-order valence-electron chi connectivity index (χ1n) is 8.38. The number of rotatable bonds is 4. The average Bonchev–Trinajstić information content (AvgIpc) is 2.96. The Bertz CT molecular complexity index is 676. The lowest BCUT2D eigenvalue weighted by atomic mass is 9.99. The first-order chi connectivity index (χ1) is 12.0. The summed E-state index contributed by atoms with van der Waals surface area (Å²) in [4.78, 5) is 30.5. The Labute approximate surface area is 147 Å². The van der Waals surface area contributed by atoms with Gasteiger partial charge in [0.2, 0.25) is 0 Å². The summed E-state index contributed by atoms with van der Waals surface area (Å²) in [7, 11) is 1.39. The van der Waals surface area contributed by atoms with Crippen LogP contribution in [0.2, 0.25) is 0 Å². The van der Waals surface area contributed by atoms with Crippen LogP contribution in [0.1, 0.15) is 18.9 Å². The molecule has 2 aliphatic rings. The molecule has 1 saturated heterocycles. The van der Waals surface area contributed by atoms with Gasteiger partial charge < -0.3 is 19.7 Å². The lowest BCUT2D eigenvalue weighted by molar-refractivity contribution is -0.145. The smallest absolute Gasteiger partial charge is 0.408 e. The molecule has 1 fully saturated rings. The molecule has 7 heteroatoms. The molecule has 3 rings (SSSR count). The third-order valence-corrected chi connectivity index (χ3v) is 4.70. The van der Waals surface area contributed by atoms with Crippen molar-refractivity contribution in [2.75, 3.05) is 26.7 Å². The molecule has 134 valence electrons. The molecule has 2 aliphatic heterocycles. The fraction of sp³-hybridized carbons (Fsp3) is 0.500. The van der Waals surface area contributed by atoms with Crippen molar-refractivity contribution in [2.24, 2.45) is 10.9 Å². The number of alkyl carbamates (subject to hydrolysis) is 1. The van der Waals surface area contributed by atoms with Gasteiger partial charge in [0.25, 0.3) is 0 Å². The molecule has 2 heterocycles. The van der Waals surface area contributed by atoms with Crippen molar-refractivity contribution in [1.82, 2.24) is 10.2 Å². The van der Waals surface area contributed by atoms with Crippen molar-refractivity contribution in [3.8, 4) is 0 Å². The number of methoxy groups -OCH3 is 1. The van der Waals surface area contributed by atoms with Crippen LogP contribution in [0.5, 0.6) is 0 Å². The Hall–Kier alpha value is -2.57. The van der Waals surface area contributed by atoms with Gasteiger partial charge in [-0.05, 0) is 18.9 Å². The van der Waals surface area contributed by atoms with Crippen LogP contribution in [0.25, 0.3) is 0 Å². The van der Waals surface area contributed by atoms with Gasteiger partial charge in [-0.15, -0.1) is 0 Å². The van der Waals surface area contributed by atoms with Crippen LogP contribution in [0.15, 0.2) is 35.3 Å². The molecule has 0 radical (unpaired) electrons. The highest BCUT2D eigenvalue weighted by Gasteiger charge is 2.45. The van der Waals surface area contributed by atoms with Gasteiger partial charge in [0.1, 0.15) is 12.4 Å². The largest absolute Gasteiger partial charge is 0.469 e. The minimum atomic E-state index is -0.575. The standard InChI is InChI=1S/C18H23N3O4/c1-18(20-17(23)25-12-13-6-4-3-5-7-13)8-9-21-11-14(15(22)24-2)10-19-16(18)21/h3-7,14H,8-12H2,1-2H3,(H,20,23)/t14-,18-/m1/s1. The molecule has 25 heavy (non-hydrogen) atoms. The van der Waals surface area contributed by atoms with E-state index in [-0.39, 0.29) is 18.5 Å². The van der Waals surface area contributed by atoms with Gasteiger partial charge in [-0.25, -0.2) is 4.79 Å². The molecule has 0 unspecified atom stereocenters. The van der Waals surface area contributed by atoms with Crippen LogP contribution in [-0.4, -0.2) is 55.1 Å². The van der Waals surface area contributed by atoms with E-state index in [1.54, 1.807) is 0 Å². The number of esters is 1. The van der Waals surface area contributed by atoms with Gasteiger partial charge in [0.15, 0.2) is 0 Å². The second kappa shape index (κ2) is 7.13. The first kappa shape index (κ1) is 17.3. The van der Waals surface area contributed by atoms with E-state index in [4.69, 9.17) is 9.47 Å². The Morgan fingerprint density at radius 2 is 2.12 bits per heavy atom. The maximum absolute atomic E-state index is 12.2. The topological polar surface area (TPSA) is 80.2 Å². The highest BCUT2D eigenvalue weighted by molar-refractivity contribution is 5.97. The number of nitrogens with one attached hydrogen (secondary N) is 1. The molecule has 2 atom stereocenters. The average molecular weight is 345 g/mol. The summed E-state index contributed by atoms with van der Waals surface area (Å²) in [5.74, 6) is 0.317. The number of carbonyl (C=O) groups is 2. The maximum Gasteiger partial charge on any atom is 0.408 e. The summed E-state index contributed by atoms with van der Waals surface area (Å²) < 4.78 is 10.1. The number of hydrogen-bond donors (Lipinski definition) is 1. The molecular weight excluding hydrogens is 322 g/mol.